The summed E-state index contributed by atoms with van der Waals surface area (Å²) < 4.78 is 5.79. The molecule has 0 saturated heterocycles. The number of aryl methyl sites for hydroxylation is 1. The molecular formula is C23H22ClN3O2. The monoisotopic (exact) mass is 407 g/mol. The summed E-state index contributed by atoms with van der Waals surface area (Å²) in [7, 11) is 0. The van der Waals surface area contributed by atoms with Crippen LogP contribution in [-0.2, 0) is 11.4 Å². The van der Waals surface area contributed by atoms with E-state index >= 15 is 0 Å². The molecule has 6 heteroatoms. The van der Waals surface area contributed by atoms with Crippen molar-refractivity contribution in [2.75, 3.05) is 11.9 Å². The van der Waals surface area contributed by atoms with Crippen molar-refractivity contribution in [3.63, 3.8) is 0 Å². The largest absolute Gasteiger partial charge is 0.489 e. The first-order chi connectivity index (χ1) is 14.1. The number of anilines is 1. The zero-order valence-electron chi connectivity index (χ0n) is 16.1. The van der Waals surface area contributed by atoms with Gasteiger partial charge in [0.05, 0.1) is 12.8 Å². The predicted molar refractivity (Wildman–Crippen MR) is 118 cm³/mol. The summed E-state index contributed by atoms with van der Waals surface area (Å²) in [6.07, 6.45) is 1.58. The van der Waals surface area contributed by atoms with Gasteiger partial charge in [-0.3, -0.25) is 4.79 Å². The van der Waals surface area contributed by atoms with Crippen molar-refractivity contribution in [3.8, 4) is 5.75 Å². The topological polar surface area (TPSA) is 62.7 Å². The number of amides is 1. The van der Waals surface area contributed by atoms with Crippen molar-refractivity contribution < 1.29 is 9.53 Å². The number of carbonyl (C=O) groups excluding carboxylic acids is 1. The zero-order chi connectivity index (χ0) is 20.5. The maximum absolute atomic E-state index is 11.9. The van der Waals surface area contributed by atoms with Gasteiger partial charge >= 0.3 is 0 Å². The fraction of sp³-hybridized carbons (Fsp3) is 0.130. The second-order valence-electron chi connectivity index (χ2n) is 6.50. The molecule has 29 heavy (non-hydrogen) atoms. The van der Waals surface area contributed by atoms with Gasteiger partial charge in [0, 0.05) is 10.7 Å². The Balaban J connectivity index is 1.46. The Kier molecular flexibility index (Phi) is 7.25. The van der Waals surface area contributed by atoms with E-state index in [1.165, 1.54) is 5.56 Å². The van der Waals surface area contributed by atoms with Gasteiger partial charge in [-0.25, -0.2) is 5.43 Å². The molecule has 0 aliphatic heterocycles. The first-order valence-electron chi connectivity index (χ1n) is 9.18. The van der Waals surface area contributed by atoms with Crippen LogP contribution in [0.4, 0.5) is 5.69 Å². The molecule has 0 saturated carbocycles. The van der Waals surface area contributed by atoms with Crippen molar-refractivity contribution in [1.29, 1.82) is 0 Å². The number of benzene rings is 3. The smallest absolute Gasteiger partial charge is 0.259 e. The van der Waals surface area contributed by atoms with Gasteiger partial charge in [0.1, 0.15) is 12.4 Å². The Morgan fingerprint density at radius 1 is 1.07 bits per heavy atom. The van der Waals surface area contributed by atoms with E-state index in [-0.39, 0.29) is 12.5 Å². The molecule has 0 atom stereocenters. The molecule has 0 fully saturated rings. The zero-order valence-corrected chi connectivity index (χ0v) is 16.8. The van der Waals surface area contributed by atoms with Gasteiger partial charge in [0.2, 0.25) is 0 Å². The summed E-state index contributed by atoms with van der Waals surface area (Å²) in [5, 5.41) is 7.75. The SMILES string of the molecule is Cc1ccc(NCC(=O)N/N=C\c2cccc(OCc3ccc(Cl)cc3)c2)cc1. The molecule has 2 N–H and O–H groups in total. The number of ether oxygens (including phenoxy) is 1. The van der Waals surface area contributed by atoms with Gasteiger partial charge in [-0.2, -0.15) is 5.10 Å². The van der Waals surface area contributed by atoms with Crippen molar-refractivity contribution in [1.82, 2.24) is 5.43 Å². The van der Waals surface area contributed by atoms with E-state index in [1.54, 1.807) is 6.21 Å². The number of rotatable bonds is 8. The molecule has 0 aliphatic rings. The van der Waals surface area contributed by atoms with E-state index in [0.717, 1.165) is 22.6 Å². The average molecular weight is 408 g/mol. The Labute approximate surface area is 175 Å². The molecule has 0 spiro atoms. The van der Waals surface area contributed by atoms with E-state index in [1.807, 2.05) is 79.7 Å². The van der Waals surface area contributed by atoms with Gasteiger partial charge in [-0.1, -0.05) is 53.6 Å². The maximum atomic E-state index is 11.9. The third-order valence-corrected chi connectivity index (χ3v) is 4.34. The van der Waals surface area contributed by atoms with Crippen LogP contribution >= 0.6 is 11.6 Å². The van der Waals surface area contributed by atoms with E-state index in [0.29, 0.717) is 11.6 Å². The Bertz CT molecular complexity index is 970. The van der Waals surface area contributed by atoms with Crippen LogP contribution in [-0.4, -0.2) is 18.7 Å². The number of hydrazone groups is 1. The molecular weight excluding hydrogens is 386 g/mol. The van der Waals surface area contributed by atoms with Gasteiger partial charge in [-0.05, 0) is 54.4 Å². The number of hydrogen-bond donors (Lipinski definition) is 2. The highest BCUT2D eigenvalue weighted by Crippen LogP contribution is 2.15. The normalized spacial score (nSPS) is 10.7. The highest BCUT2D eigenvalue weighted by molar-refractivity contribution is 6.30. The summed E-state index contributed by atoms with van der Waals surface area (Å²) in [5.74, 6) is 0.494. The maximum Gasteiger partial charge on any atom is 0.259 e. The van der Waals surface area contributed by atoms with Crippen LogP contribution in [0.25, 0.3) is 0 Å². The molecule has 0 radical (unpaired) electrons. The molecule has 3 aromatic carbocycles. The van der Waals surface area contributed by atoms with Gasteiger partial charge in [0.15, 0.2) is 0 Å². The fourth-order valence-corrected chi connectivity index (χ4v) is 2.63. The summed E-state index contributed by atoms with van der Waals surface area (Å²) in [6.45, 7) is 2.60. The lowest BCUT2D eigenvalue weighted by atomic mass is 10.2. The molecule has 148 valence electrons. The number of carbonyl (C=O) groups is 1. The standard InChI is InChI=1S/C23H22ClN3O2/c1-17-5-11-21(12-6-17)25-15-23(28)27-26-14-19-3-2-4-22(13-19)29-16-18-7-9-20(24)10-8-18/h2-14,25H,15-16H2,1H3,(H,27,28)/b26-14-. The number of hydrogen-bond acceptors (Lipinski definition) is 4. The van der Waals surface area contributed by atoms with E-state index < -0.39 is 0 Å². The van der Waals surface area contributed by atoms with Crippen LogP contribution in [0, 0.1) is 6.92 Å². The lowest BCUT2D eigenvalue weighted by Crippen LogP contribution is -2.25. The van der Waals surface area contributed by atoms with Crippen molar-refractivity contribution >= 4 is 29.4 Å². The first-order valence-corrected chi connectivity index (χ1v) is 9.56. The average Bonchev–Trinajstić information content (AvgIpc) is 2.73. The summed E-state index contributed by atoms with van der Waals surface area (Å²) in [5.41, 5.74) is 6.42. The lowest BCUT2D eigenvalue weighted by molar-refractivity contribution is -0.119. The summed E-state index contributed by atoms with van der Waals surface area (Å²) >= 11 is 5.89. The molecule has 3 aromatic rings. The molecule has 0 aromatic heterocycles. The molecule has 3 rings (SSSR count). The van der Waals surface area contributed by atoms with Crippen LogP contribution in [0.3, 0.4) is 0 Å². The van der Waals surface area contributed by atoms with Crippen molar-refractivity contribution in [3.05, 3.63) is 94.5 Å². The van der Waals surface area contributed by atoms with E-state index in [2.05, 4.69) is 15.8 Å². The molecule has 1 amide bonds. The second-order valence-corrected chi connectivity index (χ2v) is 6.94. The number of nitrogens with zero attached hydrogens (tertiary/aromatic N) is 1. The van der Waals surface area contributed by atoms with Crippen LogP contribution in [0.1, 0.15) is 16.7 Å². The van der Waals surface area contributed by atoms with Gasteiger partial charge < -0.3 is 10.1 Å². The minimum absolute atomic E-state index is 0.143. The third kappa shape index (κ3) is 6.97. The second kappa shape index (κ2) is 10.3. The van der Waals surface area contributed by atoms with Gasteiger partial charge in [-0.15, -0.1) is 0 Å². The van der Waals surface area contributed by atoms with Crippen LogP contribution in [0.2, 0.25) is 5.02 Å². The Morgan fingerprint density at radius 2 is 1.83 bits per heavy atom. The van der Waals surface area contributed by atoms with Crippen LogP contribution < -0.4 is 15.5 Å². The summed E-state index contributed by atoms with van der Waals surface area (Å²) in [4.78, 5) is 11.9. The minimum Gasteiger partial charge on any atom is -0.489 e. The molecule has 0 unspecified atom stereocenters. The van der Waals surface area contributed by atoms with Crippen molar-refractivity contribution in [2.24, 2.45) is 5.10 Å². The molecule has 0 heterocycles. The Morgan fingerprint density at radius 3 is 2.59 bits per heavy atom. The molecule has 5 nitrogen and oxygen atoms in total. The predicted octanol–water partition coefficient (Wildman–Crippen LogP) is 4.79. The van der Waals surface area contributed by atoms with E-state index in [4.69, 9.17) is 16.3 Å². The fourth-order valence-electron chi connectivity index (χ4n) is 2.50. The number of nitrogens with one attached hydrogen (secondary N) is 2. The Hall–Kier alpha value is -3.31. The molecule has 0 bridgehead atoms. The molecule has 0 aliphatic carbocycles. The quantitative estimate of drug-likeness (QED) is 0.417. The van der Waals surface area contributed by atoms with E-state index in [9.17, 15) is 4.79 Å². The highest BCUT2D eigenvalue weighted by Gasteiger charge is 2.00. The first kappa shape index (κ1) is 20.4. The lowest BCUT2D eigenvalue weighted by Gasteiger charge is -2.07. The highest BCUT2D eigenvalue weighted by atomic mass is 35.5. The van der Waals surface area contributed by atoms with Crippen LogP contribution in [0.5, 0.6) is 5.75 Å². The minimum atomic E-state index is -0.225. The van der Waals surface area contributed by atoms with Crippen LogP contribution in [0.15, 0.2) is 77.9 Å². The third-order valence-electron chi connectivity index (χ3n) is 4.08. The number of halogens is 1. The summed E-state index contributed by atoms with van der Waals surface area (Å²) in [6, 6.07) is 22.8. The van der Waals surface area contributed by atoms with Gasteiger partial charge in [0.25, 0.3) is 5.91 Å². The van der Waals surface area contributed by atoms with Crippen molar-refractivity contribution in [2.45, 2.75) is 13.5 Å².